The van der Waals surface area contributed by atoms with Gasteiger partial charge in [-0.05, 0) is 17.3 Å². The van der Waals surface area contributed by atoms with Crippen molar-refractivity contribution in [3.8, 4) is 0 Å². The van der Waals surface area contributed by atoms with Crippen LogP contribution in [0.2, 0.25) is 0 Å². The molecule has 2 unspecified atom stereocenters. The normalized spacial score (nSPS) is 29.5. The molecule has 1 aliphatic carbocycles. The molecule has 0 saturated heterocycles. The summed E-state index contributed by atoms with van der Waals surface area (Å²) in [6.07, 6.45) is 1.92. The van der Waals surface area contributed by atoms with Gasteiger partial charge in [-0.2, -0.15) is 0 Å². The molecule has 4 heteroatoms. The molecule has 0 radical (unpaired) electrons. The van der Waals surface area contributed by atoms with Crippen LogP contribution >= 0.6 is 23.2 Å². The van der Waals surface area contributed by atoms with Gasteiger partial charge in [0.15, 0.2) is 0 Å². The van der Waals surface area contributed by atoms with Crippen LogP contribution in [0.1, 0.15) is 20.3 Å². The molecule has 0 aromatic heterocycles. The zero-order valence-corrected chi connectivity index (χ0v) is 9.06. The minimum Gasteiger partial charge on any atom is -0.481 e. The van der Waals surface area contributed by atoms with Crippen LogP contribution in [0.25, 0.3) is 0 Å². The average molecular weight is 223 g/mol. The second-order valence-electron chi connectivity index (χ2n) is 4.01. The first-order valence-electron chi connectivity index (χ1n) is 4.10. The van der Waals surface area contributed by atoms with Crippen molar-refractivity contribution in [2.75, 3.05) is 0 Å². The van der Waals surface area contributed by atoms with Gasteiger partial charge in [0.1, 0.15) is 4.49 Å². The highest BCUT2D eigenvalue weighted by Crippen LogP contribution is 2.61. The quantitative estimate of drug-likeness (QED) is 0.798. The van der Waals surface area contributed by atoms with E-state index in [2.05, 4.69) is 0 Å². The minimum atomic E-state index is -0.764. The molecule has 0 amide bonds. The SMILES string of the molecule is CC1(C)C(C=C(Cl)Cl)C1CC(=O)O. The maximum Gasteiger partial charge on any atom is 0.303 e. The van der Waals surface area contributed by atoms with Crippen molar-refractivity contribution in [3.05, 3.63) is 10.6 Å². The predicted octanol–water partition coefficient (Wildman–Crippen LogP) is 3.05. The smallest absolute Gasteiger partial charge is 0.303 e. The van der Waals surface area contributed by atoms with Crippen molar-refractivity contribution < 1.29 is 9.90 Å². The van der Waals surface area contributed by atoms with E-state index in [1.165, 1.54) is 0 Å². The first kappa shape index (κ1) is 10.9. The molecule has 2 nitrogen and oxygen atoms in total. The number of carbonyl (C=O) groups is 1. The lowest BCUT2D eigenvalue weighted by Crippen LogP contribution is -1.99. The summed E-state index contributed by atoms with van der Waals surface area (Å²) in [4.78, 5) is 10.5. The Morgan fingerprint density at radius 3 is 2.46 bits per heavy atom. The van der Waals surface area contributed by atoms with Crippen LogP contribution in [0.5, 0.6) is 0 Å². The molecule has 1 aliphatic rings. The highest BCUT2D eigenvalue weighted by Gasteiger charge is 2.56. The van der Waals surface area contributed by atoms with Crippen LogP contribution < -0.4 is 0 Å². The number of rotatable bonds is 3. The van der Waals surface area contributed by atoms with Gasteiger partial charge in [0, 0.05) is 6.42 Å². The molecule has 1 fully saturated rings. The van der Waals surface area contributed by atoms with E-state index in [4.69, 9.17) is 28.3 Å². The summed E-state index contributed by atoms with van der Waals surface area (Å²) >= 11 is 11.0. The first-order valence-corrected chi connectivity index (χ1v) is 4.86. The Kier molecular flexibility index (Phi) is 2.93. The van der Waals surface area contributed by atoms with Crippen LogP contribution in [0.4, 0.5) is 0 Å². The van der Waals surface area contributed by atoms with Gasteiger partial charge in [0.2, 0.25) is 0 Å². The molecule has 1 saturated carbocycles. The summed E-state index contributed by atoms with van der Waals surface area (Å²) in [5.74, 6) is -0.397. The Morgan fingerprint density at radius 2 is 2.08 bits per heavy atom. The Labute approximate surface area is 87.5 Å². The number of carboxylic acids is 1. The van der Waals surface area contributed by atoms with Crippen molar-refractivity contribution in [1.82, 2.24) is 0 Å². The zero-order valence-electron chi connectivity index (χ0n) is 7.55. The van der Waals surface area contributed by atoms with Crippen molar-refractivity contribution >= 4 is 29.2 Å². The third-order valence-electron chi connectivity index (χ3n) is 2.84. The molecule has 1 N–H and O–H groups in total. The second kappa shape index (κ2) is 3.50. The van der Waals surface area contributed by atoms with Crippen LogP contribution in [-0.2, 0) is 4.79 Å². The topological polar surface area (TPSA) is 37.3 Å². The molecule has 0 aromatic rings. The van der Waals surface area contributed by atoms with E-state index in [-0.39, 0.29) is 28.2 Å². The molecule has 1 rings (SSSR count). The fourth-order valence-corrected chi connectivity index (χ4v) is 2.10. The zero-order chi connectivity index (χ0) is 10.2. The maximum atomic E-state index is 10.5. The second-order valence-corrected chi connectivity index (χ2v) is 5.02. The fourth-order valence-electron chi connectivity index (χ4n) is 1.83. The lowest BCUT2D eigenvalue weighted by Gasteiger charge is -1.97. The van der Waals surface area contributed by atoms with E-state index in [9.17, 15) is 4.79 Å². The maximum absolute atomic E-state index is 10.5. The van der Waals surface area contributed by atoms with E-state index >= 15 is 0 Å². The van der Waals surface area contributed by atoms with Crippen molar-refractivity contribution in [2.45, 2.75) is 20.3 Å². The van der Waals surface area contributed by atoms with Gasteiger partial charge in [-0.1, -0.05) is 43.1 Å². The van der Waals surface area contributed by atoms with E-state index in [0.29, 0.717) is 0 Å². The summed E-state index contributed by atoms with van der Waals surface area (Å²) in [5.41, 5.74) is 0.0213. The van der Waals surface area contributed by atoms with Crippen molar-refractivity contribution in [2.24, 2.45) is 17.3 Å². The van der Waals surface area contributed by atoms with Gasteiger partial charge in [0.05, 0.1) is 0 Å². The van der Waals surface area contributed by atoms with Crippen LogP contribution in [-0.4, -0.2) is 11.1 Å². The van der Waals surface area contributed by atoms with Crippen LogP contribution in [0.15, 0.2) is 10.6 Å². The van der Waals surface area contributed by atoms with E-state index in [1.807, 2.05) is 13.8 Å². The number of carboxylic acid groups (broad SMARTS) is 1. The highest BCUT2D eigenvalue weighted by atomic mass is 35.5. The highest BCUT2D eigenvalue weighted by molar-refractivity contribution is 6.55. The van der Waals surface area contributed by atoms with E-state index in [1.54, 1.807) is 6.08 Å². The molecule has 0 aromatic carbocycles. The summed E-state index contributed by atoms with van der Waals surface area (Å²) in [7, 11) is 0. The molecule has 2 atom stereocenters. The Bertz CT molecular complexity index is 254. The molecular weight excluding hydrogens is 211 g/mol. The summed E-state index contributed by atoms with van der Waals surface area (Å²) < 4.78 is 0.228. The van der Waals surface area contributed by atoms with Gasteiger partial charge in [-0.25, -0.2) is 0 Å². The number of hydrogen-bond donors (Lipinski definition) is 1. The Hall–Kier alpha value is -0.210. The standard InChI is InChI=1S/C9H12Cl2O2/c1-9(2)5(3-7(10)11)6(9)4-8(12)13/h3,5-6H,4H2,1-2H3,(H,12,13). The lowest BCUT2D eigenvalue weighted by atomic mass is 10.1. The van der Waals surface area contributed by atoms with Gasteiger partial charge in [-0.3, -0.25) is 4.79 Å². The minimum absolute atomic E-state index is 0.0213. The molecule has 0 bridgehead atoms. The number of allylic oxidation sites excluding steroid dienone is 1. The Morgan fingerprint density at radius 1 is 1.54 bits per heavy atom. The lowest BCUT2D eigenvalue weighted by molar-refractivity contribution is -0.137. The molecule has 0 aliphatic heterocycles. The van der Waals surface area contributed by atoms with Gasteiger partial charge in [-0.15, -0.1) is 0 Å². The molecule has 13 heavy (non-hydrogen) atoms. The summed E-state index contributed by atoms with van der Waals surface area (Å²) in [5, 5.41) is 8.62. The fraction of sp³-hybridized carbons (Fsp3) is 0.667. The van der Waals surface area contributed by atoms with E-state index in [0.717, 1.165) is 0 Å². The number of hydrogen-bond acceptors (Lipinski definition) is 1. The first-order chi connectivity index (χ1) is 5.85. The monoisotopic (exact) mass is 222 g/mol. The third kappa shape index (κ3) is 2.38. The summed E-state index contributed by atoms with van der Waals surface area (Å²) in [6.45, 7) is 4.05. The van der Waals surface area contributed by atoms with Crippen molar-refractivity contribution in [3.63, 3.8) is 0 Å². The molecule has 74 valence electrons. The predicted molar refractivity (Wildman–Crippen MR) is 52.8 cm³/mol. The van der Waals surface area contributed by atoms with Crippen LogP contribution in [0.3, 0.4) is 0 Å². The number of halogens is 2. The Balaban J connectivity index is 2.61. The van der Waals surface area contributed by atoms with E-state index < -0.39 is 5.97 Å². The summed E-state index contributed by atoms with van der Waals surface area (Å²) in [6, 6.07) is 0. The molecule has 0 heterocycles. The van der Waals surface area contributed by atoms with Crippen molar-refractivity contribution in [1.29, 1.82) is 0 Å². The van der Waals surface area contributed by atoms with Gasteiger partial charge in [0.25, 0.3) is 0 Å². The molecule has 0 spiro atoms. The average Bonchev–Trinajstić information content (AvgIpc) is 2.36. The number of aliphatic carboxylic acids is 1. The third-order valence-corrected chi connectivity index (χ3v) is 3.09. The largest absolute Gasteiger partial charge is 0.481 e. The molecular formula is C9H12Cl2O2. The van der Waals surface area contributed by atoms with Crippen LogP contribution in [0, 0.1) is 17.3 Å². The van der Waals surface area contributed by atoms with Gasteiger partial charge < -0.3 is 5.11 Å². The van der Waals surface area contributed by atoms with Gasteiger partial charge >= 0.3 is 5.97 Å².